The number of aliphatic carboxylic acids is 1. The molecule has 0 saturated carbocycles. The first-order valence-electron chi connectivity index (χ1n) is 7.62. The summed E-state index contributed by atoms with van der Waals surface area (Å²) < 4.78 is 45.6. The third-order valence-electron chi connectivity index (χ3n) is 3.75. The van der Waals surface area contributed by atoms with Gasteiger partial charge >= 0.3 is 12.1 Å². The number of aromatic nitrogens is 1. The van der Waals surface area contributed by atoms with Crippen molar-refractivity contribution in [1.82, 2.24) is 4.98 Å². The number of ether oxygens (including phenoxy) is 1. The van der Waals surface area contributed by atoms with Gasteiger partial charge in [0, 0.05) is 16.0 Å². The minimum absolute atomic E-state index is 0.0408. The average Bonchev–Trinajstić information content (AvgIpc) is 2.94. The zero-order valence-corrected chi connectivity index (χ0v) is 14.4. The molecule has 0 aliphatic carbocycles. The number of nitrogens with zero attached hydrogens (tertiary/aromatic N) is 1. The number of alkyl halides is 3. The molecule has 0 aliphatic heterocycles. The van der Waals surface area contributed by atoms with Gasteiger partial charge in [-0.25, -0.2) is 4.98 Å². The molecule has 0 fully saturated rings. The Labute approximate surface area is 150 Å². The van der Waals surface area contributed by atoms with Crippen LogP contribution in [0, 0.1) is 6.92 Å². The molecule has 3 aromatic rings. The molecule has 26 heavy (non-hydrogen) atoms. The predicted molar refractivity (Wildman–Crippen MR) is 91.5 cm³/mol. The SMILES string of the molecule is Cc1ccc(COc2ccc3c(CC(=O)O)csc3c2)c(C(F)(F)F)n1. The van der Waals surface area contributed by atoms with Gasteiger partial charge in [-0.15, -0.1) is 11.3 Å². The molecular weight excluding hydrogens is 367 g/mol. The predicted octanol–water partition coefficient (Wildman–Crippen LogP) is 4.83. The van der Waals surface area contributed by atoms with Gasteiger partial charge in [0.05, 0.1) is 6.42 Å². The van der Waals surface area contributed by atoms with Crippen LogP contribution >= 0.6 is 11.3 Å². The summed E-state index contributed by atoms with van der Waals surface area (Å²) in [6.07, 6.45) is -4.63. The number of fused-ring (bicyclic) bond motifs is 1. The minimum Gasteiger partial charge on any atom is -0.489 e. The van der Waals surface area contributed by atoms with Crippen LogP contribution in [-0.2, 0) is 24.0 Å². The molecule has 0 aliphatic rings. The second-order valence-electron chi connectivity index (χ2n) is 5.74. The van der Waals surface area contributed by atoms with Crippen LogP contribution < -0.4 is 4.74 Å². The topological polar surface area (TPSA) is 59.4 Å². The van der Waals surface area contributed by atoms with E-state index in [0.717, 1.165) is 10.1 Å². The number of halogens is 3. The van der Waals surface area contributed by atoms with Crippen molar-refractivity contribution < 1.29 is 27.8 Å². The molecule has 1 aromatic carbocycles. The van der Waals surface area contributed by atoms with Crippen LogP contribution in [0.15, 0.2) is 35.7 Å². The molecule has 0 radical (unpaired) electrons. The van der Waals surface area contributed by atoms with Crippen LogP contribution in [0.25, 0.3) is 10.1 Å². The second-order valence-corrected chi connectivity index (χ2v) is 6.65. The maximum Gasteiger partial charge on any atom is 0.433 e. The number of hydrogen-bond donors (Lipinski definition) is 1. The minimum atomic E-state index is -4.55. The molecule has 4 nitrogen and oxygen atoms in total. The van der Waals surface area contributed by atoms with Crippen molar-refractivity contribution in [3.05, 3.63) is 58.2 Å². The van der Waals surface area contributed by atoms with E-state index in [2.05, 4.69) is 4.98 Å². The van der Waals surface area contributed by atoms with E-state index in [9.17, 15) is 18.0 Å². The van der Waals surface area contributed by atoms with Crippen LogP contribution in [0.1, 0.15) is 22.5 Å². The standard InChI is InChI=1S/C18H14F3NO3S/c1-10-2-3-11(17(22-10)18(19,20)21)8-25-13-4-5-14-12(6-16(23)24)9-26-15(14)7-13/h2-5,7,9H,6,8H2,1H3,(H,23,24). The Bertz CT molecular complexity index is 966. The zero-order valence-electron chi connectivity index (χ0n) is 13.6. The molecule has 0 unspecified atom stereocenters. The van der Waals surface area contributed by atoms with Crippen molar-refractivity contribution in [2.24, 2.45) is 0 Å². The Kier molecular flexibility index (Phi) is 4.86. The van der Waals surface area contributed by atoms with E-state index < -0.39 is 17.8 Å². The molecule has 136 valence electrons. The van der Waals surface area contributed by atoms with Gasteiger partial charge in [0.25, 0.3) is 0 Å². The van der Waals surface area contributed by atoms with E-state index in [4.69, 9.17) is 9.84 Å². The Morgan fingerprint density at radius 3 is 2.69 bits per heavy atom. The summed E-state index contributed by atoms with van der Waals surface area (Å²) in [5, 5.41) is 11.5. The quantitative estimate of drug-likeness (QED) is 0.688. The van der Waals surface area contributed by atoms with Gasteiger partial charge in [0.2, 0.25) is 0 Å². The largest absolute Gasteiger partial charge is 0.489 e. The Hall–Kier alpha value is -2.61. The van der Waals surface area contributed by atoms with Gasteiger partial charge < -0.3 is 9.84 Å². The smallest absolute Gasteiger partial charge is 0.433 e. The number of benzene rings is 1. The summed E-state index contributed by atoms with van der Waals surface area (Å²) in [5.41, 5.74) is -0.00225. The molecular formula is C18H14F3NO3S. The molecule has 0 amide bonds. The summed E-state index contributed by atoms with van der Waals surface area (Å²) in [6.45, 7) is 1.24. The van der Waals surface area contributed by atoms with E-state index in [1.165, 1.54) is 30.4 Å². The molecule has 3 rings (SSSR count). The molecule has 0 atom stereocenters. The highest BCUT2D eigenvalue weighted by molar-refractivity contribution is 7.17. The number of aryl methyl sites for hydroxylation is 1. The van der Waals surface area contributed by atoms with Gasteiger partial charge in [-0.1, -0.05) is 6.07 Å². The lowest BCUT2D eigenvalue weighted by Crippen LogP contribution is -2.14. The van der Waals surface area contributed by atoms with E-state index in [1.54, 1.807) is 23.6 Å². The first-order chi connectivity index (χ1) is 12.2. The Morgan fingerprint density at radius 2 is 2.00 bits per heavy atom. The monoisotopic (exact) mass is 381 g/mol. The molecule has 0 spiro atoms. The Morgan fingerprint density at radius 1 is 1.23 bits per heavy atom. The van der Waals surface area contributed by atoms with Crippen molar-refractivity contribution in [2.45, 2.75) is 26.1 Å². The number of pyridine rings is 1. The lowest BCUT2D eigenvalue weighted by molar-refractivity contribution is -0.142. The highest BCUT2D eigenvalue weighted by Gasteiger charge is 2.35. The highest BCUT2D eigenvalue weighted by atomic mass is 32.1. The number of rotatable bonds is 5. The van der Waals surface area contributed by atoms with Gasteiger partial charge in [-0.3, -0.25) is 4.79 Å². The second kappa shape index (κ2) is 6.95. The van der Waals surface area contributed by atoms with E-state index in [1.807, 2.05) is 0 Å². The third-order valence-corrected chi connectivity index (χ3v) is 4.74. The van der Waals surface area contributed by atoms with Gasteiger partial charge in [-0.05, 0) is 47.5 Å². The van der Waals surface area contributed by atoms with Crippen LogP contribution in [0.5, 0.6) is 5.75 Å². The van der Waals surface area contributed by atoms with E-state index in [0.29, 0.717) is 11.3 Å². The molecule has 2 heterocycles. The van der Waals surface area contributed by atoms with Crippen molar-refractivity contribution in [3.63, 3.8) is 0 Å². The maximum absolute atomic E-state index is 13.1. The molecule has 1 N–H and O–H groups in total. The molecule has 2 aromatic heterocycles. The van der Waals surface area contributed by atoms with Crippen LogP contribution in [-0.4, -0.2) is 16.1 Å². The fraction of sp³-hybridized carbons (Fsp3) is 0.222. The molecule has 0 bridgehead atoms. The van der Waals surface area contributed by atoms with Crippen molar-refractivity contribution in [3.8, 4) is 5.75 Å². The molecule has 0 saturated heterocycles. The van der Waals surface area contributed by atoms with Crippen LogP contribution in [0.2, 0.25) is 0 Å². The van der Waals surface area contributed by atoms with Crippen molar-refractivity contribution in [1.29, 1.82) is 0 Å². The van der Waals surface area contributed by atoms with Gasteiger partial charge in [0.1, 0.15) is 12.4 Å². The number of carboxylic acid groups (broad SMARTS) is 1. The van der Waals surface area contributed by atoms with Gasteiger partial charge in [-0.2, -0.15) is 13.2 Å². The fourth-order valence-electron chi connectivity index (χ4n) is 2.56. The average molecular weight is 381 g/mol. The van der Waals surface area contributed by atoms with Crippen molar-refractivity contribution in [2.75, 3.05) is 0 Å². The van der Waals surface area contributed by atoms with Gasteiger partial charge in [0.15, 0.2) is 5.69 Å². The van der Waals surface area contributed by atoms with E-state index >= 15 is 0 Å². The lowest BCUT2D eigenvalue weighted by atomic mass is 10.1. The number of thiophene rings is 1. The first-order valence-corrected chi connectivity index (χ1v) is 8.50. The number of hydrogen-bond acceptors (Lipinski definition) is 4. The third kappa shape index (κ3) is 3.96. The summed E-state index contributed by atoms with van der Waals surface area (Å²) in [5.74, 6) is -0.508. The van der Waals surface area contributed by atoms with E-state index in [-0.39, 0.29) is 24.3 Å². The summed E-state index contributed by atoms with van der Waals surface area (Å²) in [7, 11) is 0. The lowest BCUT2D eigenvalue weighted by Gasteiger charge is -2.13. The Balaban J connectivity index is 1.81. The maximum atomic E-state index is 13.1. The number of carboxylic acids is 1. The number of carbonyl (C=O) groups is 1. The summed E-state index contributed by atoms with van der Waals surface area (Å²) in [6, 6.07) is 7.90. The summed E-state index contributed by atoms with van der Waals surface area (Å²) in [4.78, 5) is 14.4. The van der Waals surface area contributed by atoms with Crippen LogP contribution in [0.3, 0.4) is 0 Å². The fourth-order valence-corrected chi connectivity index (χ4v) is 3.55. The highest BCUT2D eigenvalue weighted by Crippen LogP contribution is 2.33. The van der Waals surface area contributed by atoms with Crippen molar-refractivity contribution >= 4 is 27.4 Å². The zero-order chi connectivity index (χ0) is 18.9. The van der Waals surface area contributed by atoms with Crippen LogP contribution in [0.4, 0.5) is 13.2 Å². The summed E-state index contributed by atoms with van der Waals surface area (Å²) >= 11 is 1.37. The normalized spacial score (nSPS) is 11.7. The first kappa shape index (κ1) is 18.2. The molecule has 8 heteroatoms.